The van der Waals surface area contributed by atoms with E-state index in [1.54, 1.807) is 24.3 Å². The molecule has 2 amide bonds. The molecule has 132 valence electrons. The molecular formula is C16H11Cl2N5O3. The number of benzene rings is 1. The Kier molecular flexibility index (Phi) is 5.06. The normalized spacial score (nSPS) is 10.4. The van der Waals surface area contributed by atoms with Crippen LogP contribution in [0.5, 0.6) is 5.75 Å². The lowest BCUT2D eigenvalue weighted by atomic mass is 10.3. The number of aromatic hydroxyl groups is 1. The lowest BCUT2D eigenvalue weighted by molar-refractivity contribution is 0.0842. The monoisotopic (exact) mass is 391 g/mol. The second-order valence-electron chi connectivity index (χ2n) is 5.06. The van der Waals surface area contributed by atoms with Crippen LogP contribution < -0.4 is 10.9 Å². The van der Waals surface area contributed by atoms with Gasteiger partial charge in [0.15, 0.2) is 11.4 Å². The van der Waals surface area contributed by atoms with E-state index in [4.69, 9.17) is 23.2 Å². The number of aromatic nitrogens is 3. The zero-order chi connectivity index (χ0) is 18.7. The van der Waals surface area contributed by atoms with Crippen LogP contribution in [0.3, 0.4) is 0 Å². The number of hydrazine groups is 1. The molecule has 26 heavy (non-hydrogen) atoms. The van der Waals surface area contributed by atoms with Crippen LogP contribution in [0.1, 0.15) is 20.8 Å². The molecule has 8 nitrogen and oxygen atoms in total. The van der Waals surface area contributed by atoms with E-state index in [1.165, 1.54) is 29.2 Å². The fraction of sp³-hybridized carbons (Fsp3) is 0. The van der Waals surface area contributed by atoms with Crippen LogP contribution >= 0.6 is 23.2 Å². The van der Waals surface area contributed by atoms with Crippen molar-refractivity contribution in [3.8, 4) is 11.4 Å². The Morgan fingerprint density at radius 2 is 1.69 bits per heavy atom. The van der Waals surface area contributed by atoms with Gasteiger partial charge in [0.2, 0.25) is 0 Å². The maximum absolute atomic E-state index is 12.1. The molecule has 2 aromatic heterocycles. The summed E-state index contributed by atoms with van der Waals surface area (Å²) in [7, 11) is 0. The molecule has 0 unspecified atom stereocenters. The summed E-state index contributed by atoms with van der Waals surface area (Å²) in [4.78, 5) is 27.8. The highest BCUT2D eigenvalue weighted by Gasteiger charge is 2.18. The third-order valence-corrected chi connectivity index (χ3v) is 3.76. The lowest BCUT2D eigenvalue weighted by Gasteiger charge is -2.06. The number of rotatable bonds is 3. The topological polar surface area (TPSA) is 109 Å². The summed E-state index contributed by atoms with van der Waals surface area (Å²) in [5.41, 5.74) is 4.91. The van der Waals surface area contributed by atoms with Gasteiger partial charge in [-0.1, -0.05) is 23.2 Å². The number of hydrogen-bond acceptors (Lipinski definition) is 5. The summed E-state index contributed by atoms with van der Waals surface area (Å²) >= 11 is 11.5. The van der Waals surface area contributed by atoms with Crippen LogP contribution in [-0.4, -0.2) is 31.7 Å². The van der Waals surface area contributed by atoms with Crippen molar-refractivity contribution in [2.75, 3.05) is 0 Å². The van der Waals surface area contributed by atoms with Crippen LogP contribution in [0, 0.1) is 0 Å². The highest BCUT2D eigenvalue weighted by atomic mass is 35.5. The average Bonchev–Trinajstić information content (AvgIpc) is 3.02. The van der Waals surface area contributed by atoms with Crippen LogP contribution in [0.25, 0.3) is 5.69 Å². The third-order valence-electron chi connectivity index (χ3n) is 3.28. The van der Waals surface area contributed by atoms with Crippen LogP contribution in [0.2, 0.25) is 10.2 Å². The number of carbonyl (C=O) groups excluding carboxylic acids is 2. The number of carbonyl (C=O) groups is 2. The zero-order valence-corrected chi connectivity index (χ0v) is 14.5. The molecule has 0 aliphatic heterocycles. The number of nitrogens with one attached hydrogen (secondary N) is 2. The molecule has 3 aromatic rings. The van der Waals surface area contributed by atoms with E-state index in [1.807, 2.05) is 0 Å². The first-order valence-corrected chi connectivity index (χ1v) is 7.96. The van der Waals surface area contributed by atoms with Crippen molar-refractivity contribution in [1.29, 1.82) is 0 Å². The van der Waals surface area contributed by atoms with Crippen LogP contribution in [0.4, 0.5) is 0 Å². The Morgan fingerprint density at radius 1 is 1.00 bits per heavy atom. The summed E-state index contributed by atoms with van der Waals surface area (Å²) in [5, 5.41) is 14.7. The Bertz CT molecular complexity index is 955. The Labute approximate surface area is 157 Å². The maximum atomic E-state index is 12.1. The second-order valence-corrected chi connectivity index (χ2v) is 5.89. The molecule has 0 saturated heterocycles. The first kappa shape index (κ1) is 17.7. The van der Waals surface area contributed by atoms with E-state index in [-0.39, 0.29) is 22.2 Å². The molecule has 0 spiro atoms. The van der Waals surface area contributed by atoms with Gasteiger partial charge in [-0.05, 0) is 36.4 Å². The molecule has 0 atom stereocenters. The van der Waals surface area contributed by atoms with Crippen molar-refractivity contribution < 1.29 is 14.7 Å². The van der Waals surface area contributed by atoms with E-state index >= 15 is 0 Å². The smallest absolute Gasteiger partial charge is 0.294 e. The fourth-order valence-corrected chi connectivity index (χ4v) is 2.25. The molecule has 0 saturated carbocycles. The van der Waals surface area contributed by atoms with Gasteiger partial charge in [-0.15, -0.1) is 0 Å². The van der Waals surface area contributed by atoms with Gasteiger partial charge in [-0.25, -0.2) is 9.67 Å². The first-order chi connectivity index (χ1) is 12.4. The Balaban J connectivity index is 1.69. The standard InChI is InChI=1S/C16H11Cl2N5O3/c17-10-2-4-11(5-3-10)23-8-12(24)14(22-23)16(26)21-20-15(25)9-1-6-13(18)19-7-9/h1-8,24H,(H,20,25)(H,21,26). The molecule has 3 rings (SSSR count). The number of hydrogen-bond donors (Lipinski definition) is 3. The summed E-state index contributed by atoms with van der Waals surface area (Å²) < 4.78 is 1.31. The van der Waals surface area contributed by atoms with Crippen molar-refractivity contribution in [2.24, 2.45) is 0 Å². The van der Waals surface area contributed by atoms with Gasteiger partial charge in [0.25, 0.3) is 11.8 Å². The Morgan fingerprint density at radius 3 is 2.35 bits per heavy atom. The van der Waals surface area contributed by atoms with Crippen molar-refractivity contribution >= 4 is 35.0 Å². The summed E-state index contributed by atoms with van der Waals surface area (Å²) in [6.45, 7) is 0. The molecule has 0 bridgehead atoms. The van der Waals surface area contributed by atoms with Gasteiger partial charge in [-0.3, -0.25) is 20.4 Å². The van der Waals surface area contributed by atoms with Crippen molar-refractivity contribution in [3.63, 3.8) is 0 Å². The third kappa shape index (κ3) is 3.93. The predicted molar refractivity (Wildman–Crippen MR) is 94.4 cm³/mol. The molecule has 3 N–H and O–H groups in total. The van der Waals surface area contributed by atoms with Gasteiger partial charge < -0.3 is 5.11 Å². The van der Waals surface area contributed by atoms with Crippen LogP contribution in [0.15, 0.2) is 48.8 Å². The molecule has 2 heterocycles. The first-order valence-electron chi connectivity index (χ1n) is 7.21. The van der Waals surface area contributed by atoms with Gasteiger partial charge >= 0.3 is 0 Å². The number of amides is 2. The van der Waals surface area contributed by atoms with Crippen molar-refractivity contribution in [3.05, 3.63) is 70.2 Å². The fourth-order valence-electron chi connectivity index (χ4n) is 2.01. The molecule has 0 aliphatic carbocycles. The van der Waals surface area contributed by atoms with Crippen molar-refractivity contribution in [1.82, 2.24) is 25.6 Å². The largest absolute Gasteiger partial charge is 0.504 e. The van der Waals surface area contributed by atoms with Gasteiger partial charge in [-0.2, -0.15) is 5.10 Å². The Hall–Kier alpha value is -3.10. The SMILES string of the molecule is O=C(NNC(=O)c1nn(-c2ccc(Cl)cc2)cc1O)c1ccc(Cl)nc1. The average molecular weight is 392 g/mol. The number of halogens is 2. The minimum Gasteiger partial charge on any atom is -0.504 e. The molecule has 0 aliphatic rings. The molecule has 10 heteroatoms. The second kappa shape index (κ2) is 7.42. The van der Waals surface area contributed by atoms with Crippen molar-refractivity contribution in [2.45, 2.75) is 0 Å². The van der Waals surface area contributed by atoms with Crippen LogP contribution in [-0.2, 0) is 0 Å². The van der Waals surface area contributed by atoms with E-state index in [9.17, 15) is 14.7 Å². The molecule has 1 aromatic carbocycles. The summed E-state index contributed by atoms with van der Waals surface area (Å²) in [6.07, 6.45) is 2.53. The van der Waals surface area contributed by atoms with E-state index in [0.717, 1.165) is 0 Å². The predicted octanol–water partition coefficient (Wildman–Crippen LogP) is 2.35. The minimum absolute atomic E-state index is 0.200. The highest BCUT2D eigenvalue weighted by molar-refractivity contribution is 6.30. The lowest BCUT2D eigenvalue weighted by Crippen LogP contribution is -2.41. The zero-order valence-electron chi connectivity index (χ0n) is 13.0. The summed E-state index contributed by atoms with van der Waals surface area (Å²) in [6, 6.07) is 9.53. The number of nitrogens with zero attached hydrogens (tertiary/aromatic N) is 3. The van der Waals surface area contributed by atoms with E-state index in [0.29, 0.717) is 10.7 Å². The molecular weight excluding hydrogens is 381 g/mol. The minimum atomic E-state index is -0.787. The molecule has 0 radical (unpaired) electrons. The van der Waals surface area contributed by atoms with Gasteiger partial charge in [0.05, 0.1) is 17.4 Å². The summed E-state index contributed by atoms with van der Waals surface area (Å²) in [5.74, 6) is -1.73. The van der Waals surface area contributed by atoms with E-state index < -0.39 is 11.8 Å². The van der Waals surface area contributed by atoms with Gasteiger partial charge in [0.1, 0.15) is 5.15 Å². The molecule has 0 fully saturated rings. The number of pyridine rings is 1. The quantitative estimate of drug-likeness (QED) is 0.468. The van der Waals surface area contributed by atoms with Gasteiger partial charge in [0, 0.05) is 11.2 Å². The van der Waals surface area contributed by atoms with E-state index in [2.05, 4.69) is 20.9 Å². The highest BCUT2D eigenvalue weighted by Crippen LogP contribution is 2.19. The maximum Gasteiger partial charge on any atom is 0.294 e.